The van der Waals surface area contributed by atoms with Gasteiger partial charge in [0.25, 0.3) is 0 Å². The van der Waals surface area contributed by atoms with Gasteiger partial charge in [-0.3, -0.25) is 0 Å². The molecular formula is C10H10ClNO2. The zero-order valence-corrected chi connectivity index (χ0v) is 8.71. The highest BCUT2D eigenvalue weighted by molar-refractivity contribution is 6.30. The predicted octanol–water partition coefficient (Wildman–Crippen LogP) is 2.23. The Kier molecular flexibility index (Phi) is 3.65. The lowest BCUT2D eigenvalue weighted by atomic mass is 10.2. The number of methoxy groups -OCH3 is 1. The van der Waals surface area contributed by atoms with Gasteiger partial charge >= 0.3 is 5.97 Å². The van der Waals surface area contributed by atoms with Crippen LogP contribution in [0.1, 0.15) is 11.1 Å². The van der Waals surface area contributed by atoms with Crippen LogP contribution in [-0.2, 0) is 9.53 Å². The second-order valence-electron chi connectivity index (χ2n) is 2.73. The Morgan fingerprint density at radius 2 is 2.36 bits per heavy atom. The van der Waals surface area contributed by atoms with Gasteiger partial charge in [-0.25, -0.2) is 9.78 Å². The molecule has 0 fully saturated rings. The van der Waals surface area contributed by atoms with Crippen molar-refractivity contribution in [3.05, 3.63) is 34.6 Å². The van der Waals surface area contributed by atoms with Gasteiger partial charge in [0, 0.05) is 12.3 Å². The van der Waals surface area contributed by atoms with E-state index in [1.807, 2.05) is 13.0 Å². The van der Waals surface area contributed by atoms with Crippen LogP contribution >= 0.6 is 11.6 Å². The molecule has 1 aromatic rings. The van der Waals surface area contributed by atoms with Gasteiger partial charge in [-0.15, -0.1) is 0 Å². The van der Waals surface area contributed by atoms with Crippen molar-refractivity contribution in [2.24, 2.45) is 0 Å². The quantitative estimate of drug-likeness (QED) is 0.428. The fourth-order valence-electron chi connectivity index (χ4n) is 0.903. The van der Waals surface area contributed by atoms with E-state index in [0.29, 0.717) is 5.15 Å². The fourth-order valence-corrected chi connectivity index (χ4v) is 1.01. The summed E-state index contributed by atoms with van der Waals surface area (Å²) in [4.78, 5) is 14.7. The molecule has 0 saturated heterocycles. The molecule has 14 heavy (non-hydrogen) atoms. The summed E-state index contributed by atoms with van der Waals surface area (Å²) in [6.45, 7) is 1.85. The van der Waals surface area contributed by atoms with E-state index in [4.69, 9.17) is 11.6 Å². The third-order valence-electron chi connectivity index (χ3n) is 1.65. The molecule has 0 unspecified atom stereocenters. The zero-order valence-electron chi connectivity index (χ0n) is 7.95. The highest BCUT2D eigenvalue weighted by atomic mass is 35.5. The Balaban J connectivity index is 2.83. The largest absolute Gasteiger partial charge is 0.466 e. The molecule has 0 aromatic carbocycles. The number of esters is 1. The first-order valence-electron chi connectivity index (χ1n) is 4.01. The molecule has 0 aliphatic heterocycles. The van der Waals surface area contributed by atoms with E-state index in [2.05, 4.69) is 9.72 Å². The third kappa shape index (κ3) is 2.85. The highest BCUT2D eigenvalue weighted by Crippen LogP contribution is 2.13. The van der Waals surface area contributed by atoms with Gasteiger partial charge < -0.3 is 4.74 Å². The first kappa shape index (κ1) is 10.7. The molecule has 74 valence electrons. The first-order chi connectivity index (χ1) is 6.63. The van der Waals surface area contributed by atoms with Crippen LogP contribution in [0.5, 0.6) is 0 Å². The second-order valence-corrected chi connectivity index (χ2v) is 3.09. The number of aromatic nitrogens is 1. The van der Waals surface area contributed by atoms with E-state index >= 15 is 0 Å². The number of aryl methyl sites for hydroxylation is 1. The van der Waals surface area contributed by atoms with E-state index in [1.165, 1.54) is 13.2 Å². The molecule has 0 amide bonds. The minimum atomic E-state index is -0.391. The molecule has 0 bridgehead atoms. The SMILES string of the molecule is COC(=O)C=Cc1cnc(Cl)c(C)c1. The summed E-state index contributed by atoms with van der Waals surface area (Å²) in [6, 6.07) is 1.84. The van der Waals surface area contributed by atoms with Crippen LogP contribution in [0.4, 0.5) is 0 Å². The van der Waals surface area contributed by atoms with E-state index < -0.39 is 5.97 Å². The van der Waals surface area contributed by atoms with Gasteiger partial charge in [-0.1, -0.05) is 11.6 Å². The van der Waals surface area contributed by atoms with Crippen molar-refractivity contribution in [3.8, 4) is 0 Å². The second kappa shape index (κ2) is 4.77. The van der Waals surface area contributed by atoms with Gasteiger partial charge in [0.1, 0.15) is 5.15 Å². The van der Waals surface area contributed by atoms with E-state index in [1.54, 1.807) is 12.3 Å². The van der Waals surface area contributed by atoms with E-state index in [-0.39, 0.29) is 0 Å². The predicted molar refractivity (Wildman–Crippen MR) is 55.0 cm³/mol. The monoisotopic (exact) mass is 211 g/mol. The summed E-state index contributed by atoms with van der Waals surface area (Å²) < 4.78 is 4.45. The molecule has 4 heteroatoms. The van der Waals surface area contributed by atoms with Crippen molar-refractivity contribution in [2.75, 3.05) is 7.11 Å². The lowest BCUT2D eigenvalue weighted by molar-refractivity contribution is -0.134. The molecule has 1 heterocycles. The standard InChI is InChI=1S/C10H10ClNO2/c1-7-5-8(6-12-10(7)11)3-4-9(13)14-2/h3-6H,1-2H3. The molecule has 1 aromatic heterocycles. The Morgan fingerprint density at radius 1 is 1.64 bits per heavy atom. The lowest BCUT2D eigenvalue weighted by Crippen LogP contribution is -1.93. The Bertz CT molecular complexity index is 374. The zero-order chi connectivity index (χ0) is 10.6. The molecule has 0 aliphatic rings. The number of carbonyl (C=O) groups is 1. The Labute approximate surface area is 87.4 Å². The van der Waals surface area contributed by atoms with E-state index in [0.717, 1.165) is 11.1 Å². The number of nitrogens with zero attached hydrogens (tertiary/aromatic N) is 1. The summed E-state index contributed by atoms with van der Waals surface area (Å²) in [5.74, 6) is -0.391. The number of halogens is 1. The van der Waals surface area contributed by atoms with Crippen molar-refractivity contribution in [2.45, 2.75) is 6.92 Å². The molecule has 0 N–H and O–H groups in total. The van der Waals surface area contributed by atoms with Crippen LogP contribution in [0.15, 0.2) is 18.3 Å². The average Bonchev–Trinajstić information content (AvgIpc) is 2.19. The van der Waals surface area contributed by atoms with Gasteiger partial charge in [0.2, 0.25) is 0 Å². The molecular weight excluding hydrogens is 202 g/mol. The normalized spacial score (nSPS) is 10.5. The van der Waals surface area contributed by atoms with Gasteiger partial charge in [-0.2, -0.15) is 0 Å². The van der Waals surface area contributed by atoms with Gasteiger partial charge in [0.15, 0.2) is 0 Å². The summed E-state index contributed by atoms with van der Waals surface area (Å²) in [5.41, 5.74) is 1.69. The topological polar surface area (TPSA) is 39.2 Å². The number of pyridine rings is 1. The van der Waals surface area contributed by atoms with Crippen LogP contribution < -0.4 is 0 Å². The number of rotatable bonds is 2. The maximum Gasteiger partial charge on any atom is 0.330 e. The summed E-state index contributed by atoms with van der Waals surface area (Å²) in [5, 5.41) is 0.472. The van der Waals surface area contributed by atoms with Crippen molar-refractivity contribution in [1.29, 1.82) is 0 Å². The number of carbonyl (C=O) groups excluding carboxylic acids is 1. The number of ether oxygens (including phenoxy) is 1. The maximum atomic E-state index is 10.8. The minimum absolute atomic E-state index is 0.391. The summed E-state index contributed by atoms with van der Waals surface area (Å²) >= 11 is 5.74. The van der Waals surface area contributed by atoms with Gasteiger partial charge in [0.05, 0.1) is 7.11 Å². The summed E-state index contributed by atoms with van der Waals surface area (Å²) in [6.07, 6.45) is 4.56. The Morgan fingerprint density at radius 3 is 2.93 bits per heavy atom. The van der Waals surface area contributed by atoms with Crippen LogP contribution in [-0.4, -0.2) is 18.1 Å². The smallest absolute Gasteiger partial charge is 0.330 e. The molecule has 0 radical (unpaired) electrons. The highest BCUT2D eigenvalue weighted by Gasteiger charge is 1.97. The first-order valence-corrected chi connectivity index (χ1v) is 4.39. The molecule has 0 saturated carbocycles. The van der Waals surface area contributed by atoms with Crippen molar-refractivity contribution in [3.63, 3.8) is 0 Å². The fraction of sp³-hybridized carbons (Fsp3) is 0.200. The van der Waals surface area contributed by atoms with Crippen molar-refractivity contribution >= 4 is 23.6 Å². The van der Waals surface area contributed by atoms with Crippen molar-refractivity contribution < 1.29 is 9.53 Å². The summed E-state index contributed by atoms with van der Waals surface area (Å²) in [7, 11) is 1.33. The van der Waals surface area contributed by atoms with Crippen LogP contribution in [0, 0.1) is 6.92 Å². The molecule has 0 atom stereocenters. The number of hydrogen-bond acceptors (Lipinski definition) is 3. The van der Waals surface area contributed by atoms with Crippen molar-refractivity contribution in [1.82, 2.24) is 4.98 Å². The average molecular weight is 212 g/mol. The number of hydrogen-bond donors (Lipinski definition) is 0. The molecule has 1 rings (SSSR count). The van der Waals surface area contributed by atoms with Gasteiger partial charge in [-0.05, 0) is 30.2 Å². The van der Waals surface area contributed by atoms with E-state index in [9.17, 15) is 4.79 Å². The lowest BCUT2D eigenvalue weighted by Gasteiger charge is -1.97. The molecule has 0 spiro atoms. The molecule has 3 nitrogen and oxygen atoms in total. The van der Waals surface area contributed by atoms with Crippen LogP contribution in [0.3, 0.4) is 0 Å². The maximum absolute atomic E-state index is 10.8. The third-order valence-corrected chi connectivity index (χ3v) is 2.04. The Hall–Kier alpha value is -1.35. The molecule has 0 aliphatic carbocycles. The minimum Gasteiger partial charge on any atom is -0.466 e. The van der Waals surface area contributed by atoms with Crippen LogP contribution in [0.25, 0.3) is 6.08 Å². The van der Waals surface area contributed by atoms with Crippen LogP contribution in [0.2, 0.25) is 5.15 Å².